The summed E-state index contributed by atoms with van der Waals surface area (Å²) in [5, 5.41) is 12.6. The van der Waals surface area contributed by atoms with Crippen LogP contribution in [0, 0.1) is 6.92 Å². The molecule has 0 saturated heterocycles. The van der Waals surface area contributed by atoms with Gasteiger partial charge < -0.3 is 15.2 Å². The number of aryl methyl sites for hydroxylation is 1. The molecule has 0 bridgehead atoms. The van der Waals surface area contributed by atoms with Gasteiger partial charge in [-0.05, 0) is 25.0 Å². The van der Waals surface area contributed by atoms with Gasteiger partial charge in [0.05, 0.1) is 7.11 Å². The second-order valence-corrected chi connectivity index (χ2v) is 6.80. The van der Waals surface area contributed by atoms with Crippen molar-refractivity contribution < 1.29 is 19.4 Å². The highest BCUT2D eigenvalue weighted by Crippen LogP contribution is 2.30. The molecule has 0 aliphatic rings. The standard InChI is InChI=1S/C18H21NO4S/c1-4-18(17(21)22,13-8-6-5-7-9-13)11-19-16(20)15-14(23-3)10-12(2)24-15/h5-10H,4,11H2,1-3H3,(H,19,20)(H,21,22). The van der Waals surface area contributed by atoms with Gasteiger partial charge in [-0.2, -0.15) is 0 Å². The van der Waals surface area contributed by atoms with Crippen LogP contribution < -0.4 is 10.1 Å². The zero-order valence-corrected chi connectivity index (χ0v) is 14.8. The molecule has 0 fully saturated rings. The summed E-state index contributed by atoms with van der Waals surface area (Å²) in [7, 11) is 1.51. The van der Waals surface area contributed by atoms with Crippen LogP contribution in [0.4, 0.5) is 0 Å². The molecule has 2 rings (SSSR count). The number of carbonyl (C=O) groups is 2. The minimum Gasteiger partial charge on any atom is -0.495 e. The normalized spacial score (nSPS) is 13.1. The summed E-state index contributed by atoms with van der Waals surface area (Å²) in [4.78, 5) is 25.9. The van der Waals surface area contributed by atoms with E-state index in [0.717, 1.165) is 4.88 Å². The molecule has 24 heavy (non-hydrogen) atoms. The minimum atomic E-state index is -1.16. The summed E-state index contributed by atoms with van der Waals surface area (Å²) in [5.41, 5.74) is -0.481. The van der Waals surface area contributed by atoms with E-state index in [1.807, 2.05) is 19.9 Å². The Balaban J connectivity index is 2.25. The molecule has 1 aromatic carbocycles. The number of carboxylic acids is 1. The summed E-state index contributed by atoms with van der Waals surface area (Å²) < 4.78 is 5.21. The Labute approximate surface area is 145 Å². The van der Waals surface area contributed by atoms with Gasteiger partial charge in [-0.15, -0.1) is 11.3 Å². The number of benzene rings is 1. The summed E-state index contributed by atoms with van der Waals surface area (Å²) in [5.74, 6) is -0.766. The maximum Gasteiger partial charge on any atom is 0.315 e. The quantitative estimate of drug-likeness (QED) is 0.806. The number of rotatable bonds is 7. The molecule has 1 aromatic heterocycles. The molecule has 1 atom stereocenters. The Hall–Kier alpha value is -2.34. The number of amides is 1. The van der Waals surface area contributed by atoms with Gasteiger partial charge in [-0.25, -0.2) is 0 Å². The molecular weight excluding hydrogens is 326 g/mol. The summed E-state index contributed by atoms with van der Waals surface area (Å²) in [6.07, 6.45) is 0.368. The predicted octanol–water partition coefficient (Wildman–Crippen LogP) is 3.23. The summed E-state index contributed by atoms with van der Waals surface area (Å²) in [6, 6.07) is 10.8. The maximum atomic E-state index is 12.5. The van der Waals surface area contributed by atoms with Crippen LogP contribution in [0.15, 0.2) is 36.4 Å². The van der Waals surface area contributed by atoms with E-state index in [4.69, 9.17) is 4.74 Å². The van der Waals surface area contributed by atoms with E-state index in [2.05, 4.69) is 5.32 Å². The number of ether oxygens (including phenoxy) is 1. The first-order valence-electron chi connectivity index (χ1n) is 7.66. The van der Waals surface area contributed by atoms with Crippen molar-refractivity contribution in [1.82, 2.24) is 5.32 Å². The molecule has 5 nitrogen and oxygen atoms in total. The van der Waals surface area contributed by atoms with Gasteiger partial charge in [0.2, 0.25) is 0 Å². The number of methoxy groups -OCH3 is 1. The first kappa shape index (κ1) is 18.0. The SMILES string of the molecule is CCC(CNC(=O)c1sc(C)cc1OC)(C(=O)O)c1ccccc1. The Morgan fingerprint density at radius 1 is 1.29 bits per heavy atom. The van der Waals surface area contributed by atoms with Crippen molar-refractivity contribution in [3.8, 4) is 5.75 Å². The monoisotopic (exact) mass is 347 g/mol. The topological polar surface area (TPSA) is 75.6 Å². The first-order chi connectivity index (χ1) is 11.4. The molecule has 0 radical (unpaired) electrons. The fourth-order valence-corrected chi connectivity index (χ4v) is 3.55. The first-order valence-corrected chi connectivity index (χ1v) is 8.47. The number of nitrogens with one attached hydrogen (secondary N) is 1. The fraction of sp³-hybridized carbons (Fsp3) is 0.333. The van der Waals surface area contributed by atoms with Gasteiger partial charge in [0.15, 0.2) is 0 Å². The lowest BCUT2D eigenvalue weighted by Crippen LogP contribution is -2.46. The molecule has 1 unspecified atom stereocenters. The van der Waals surface area contributed by atoms with Crippen molar-refractivity contribution in [3.05, 3.63) is 51.7 Å². The van der Waals surface area contributed by atoms with E-state index in [-0.39, 0.29) is 12.5 Å². The zero-order chi connectivity index (χ0) is 17.7. The highest BCUT2D eigenvalue weighted by Gasteiger charge is 2.39. The number of hydrogen-bond donors (Lipinski definition) is 2. The Kier molecular flexibility index (Phi) is 5.62. The van der Waals surface area contributed by atoms with Crippen molar-refractivity contribution >= 4 is 23.2 Å². The van der Waals surface area contributed by atoms with Crippen LogP contribution >= 0.6 is 11.3 Å². The average molecular weight is 347 g/mol. The largest absolute Gasteiger partial charge is 0.495 e. The fourth-order valence-electron chi connectivity index (χ4n) is 2.65. The molecule has 2 N–H and O–H groups in total. The Morgan fingerprint density at radius 2 is 1.96 bits per heavy atom. The number of hydrogen-bond acceptors (Lipinski definition) is 4. The Bertz CT molecular complexity index is 726. The van der Waals surface area contributed by atoms with Crippen LogP contribution in [-0.2, 0) is 10.2 Å². The van der Waals surface area contributed by atoms with E-state index >= 15 is 0 Å². The van der Waals surface area contributed by atoms with Crippen molar-refractivity contribution in [2.24, 2.45) is 0 Å². The van der Waals surface area contributed by atoms with Crippen molar-refractivity contribution in [1.29, 1.82) is 0 Å². The number of thiophene rings is 1. The van der Waals surface area contributed by atoms with Gasteiger partial charge in [0.25, 0.3) is 5.91 Å². The molecule has 0 spiro atoms. The highest BCUT2D eigenvalue weighted by molar-refractivity contribution is 7.14. The van der Waals surface area contributed by atoms with Crippen molar-refractivity contribution in [3.63, 3.8) is 0 Å². The predicted molar refractivity (Wildman–Crippen MR) is 94.0 cm³/mol. The molecule has 0 aliphatic carbocycles. The van der Waals surface area contributed by atoms with Crippen LogP contribution in [0.3, 0.4) is 0 Å². The lowest BCUT2D eigenvalue weighted by molar-refractivity contribution is -0.143. The van der Waals surface area contributed by atoms with Crippen LogP contribution in [0.1, 0.15) is 33.5 Å². The van der Waals surface area contributed by atoms with E-state index in [9.17, 15) is 14.7 Å². The summed E-state index contributed by atoms with van der Waals surface area (Å²) in [6.45, 7) is 3.71. The van der Waals surface area contributed by atoms with E-state index in [1.54, 1.807) is 30.3 Å². The molecule has 1 amide bonds. The third-order valence-electron chi connectivity index (χ3n) is 4.14. The Morgan fingerprint density at radius 3 is 2.50 bits per heavy atom. The van der Waals surface area contributed by atoms with Crippen LogP contribution in [0.5, 0.6) is 5.75 Å². The van der Waals surface area contributed by atoms with Gasteiger partial charge in [-0.3, -0.25) is 9.59 Å². The molecule has 0 saturated carbocycles. The lowest BCUT2D eigenvalue weighted by atomic mass is 9.78. The van der Waals surface area contributed by atoms with E-state index in [0.29, 0.717) is 22.6 Å². The highest BCUT2D eigenvalue weighted by atomic mass is 32.1. The number of carboxylic acid groups (broad SMARTS) is 1. The maximum absolute atomic E-state index is 12.5. The molecule has 1 heterocycles. The van der Waals surface area contributed by atoms with Gasteiger partial charge in [-0.1, -0.05) is 37.3 Å². The summed E-state index contributed by atoms with van der Waals surface area (Å²) >= 11 is 1.32. The van der Waals surface area contributed by atoms with E-state index < -0.39 is 11.4 Å². The smallest absolute Gasteiger partial charge is 0.315 e. The molecule has 128 valence electrons. The number of aliphatic carboxylic acids is 1. The van der Waals surface area contributed by atoms with Gasteiger partial charge >= 0.3 is 5.97 Å². The molecule has 6 heteroatoms. The van der Waals surface area contributed by atoms with Crippen LogP contribution in [0.2, 0.25) is 0 Å². The van der Waals surface area contributed by atoms with Gasteiger partial charge in [0.1, 0.15) is 16.0 Å². The molecule has 0 aliphatic heterocycles. The van der Waals surface area contributed by atoms with Gasteiger partial charge in [0, 0.05) is 11.4 Å². The average Bonchev–Trinajstić information content (AvgIpc) is 2.97. The third-order valence-corrected chi connectivity index (χ3v) is 5.17. The third kappa shape index (κ3) is 3.43. The zero-order valence-electron chi connectivity index (χ0n) is 14.0. The minimum absolute atomic E-state index is 0.0157. The molecule has 2 aromatic rings. The van der Waals surface area contributed by atoms with Crippen LogP contribution in [0.25, 0.3) is 0 Å². The number of carbonyl (C=O) groups excluding carboxylic acids is 1. The lowest BCUT2D eigenvalue weighted by Gasteiger charge is -2.29. The molecular formula is C18H21NO4S. The van der Waals surface area contributed by atoms with E-state index in [1.165, 1.54) is 18.4 Å². The second kappa shape index (κ2) is 7.49. The van der Waals surface area contributed by atoms with Crippen molar-refractivity contribution in [2.45, 2.75) is 25.7 Å². The van der Waals surface area contributed by atoms with Crippen LogP contribution in [-0.4, -0.2) is 30.6 Å². The second-order valence-electron chi connectivity index (χ2n) is 5.54. The van der Waals surface area contributed by atoms with Crippen molar-refractivity contribution in [2.75, 3.05) is 13.7 Å².